The van der Waals surface area contributed by atoms with Crippen molar-refractivity contribution in [2.45, 2.75) is 26.5 Å². The van der Waals surface area contributed by atoms with Crippen LogP contribution in [0.1, 0.15) is 29.7 Å². The van der Waals surface area contributed by atoms with Crippen LogP contribution in [0.15, 0.2) is 60.1 Å². The molecule has 0 fully saturated rings. The molecule has 0 saturated heterocycles. The van der Waals surface area contributed by atoms with Gasteiger partial charge in [0.1, 0.15) is 19.0 Å². The number of fused-ring (bicyclic) bond motifs is 1. The molecular formula is C23H24N4O4. The van der Waals surface area contributed by atoms with Gasteiger partial charge in [-0.25, -0.2) is 9.48 Å². The molecule has 0 spiro atoms. The third kappa shape index (κ3) is 3.96. The lowest BCUT2D eigenvalue weighted by Gasteiger charge is -2.28. The molecule has 1 aliphatic heterocycles. The maximum absolute atomic E-state index is 12.6. The van der Waals surface area contributed by atoms with Gasteiger partial charge in [-0.1, -0.05) is 35.9 Å². The number of nitrogens with zero attached hydrogens (tertiary/aromatic N) is 3. The summed E-state index contributed by atoms with van der Waals surface area (Å²) in [5.41, 5.74) is 4.17. The molecule has 4 rings (SSSR count). The van der Waals surface area contributed by atoms with Crippen molar-refractivity contribution in [1.29, 1.82) is 0 Å². The highest BCUT2D eigenvalue weighted by Gasteiger charge is 2.34. The van der Waals surface area contributed by atoms with Gasteiger partial charge in [0.2, 0.25) is 5.95 Å². The first-order valence-corrected chi connectivity index (χ1v) is 9.83. The fourth-order valence-corrected chi connectivity index (χ4v) is 3.71. The molecule has 0 bridgehead atoms. The zero-order valence-electron chi connectivity index (χ0n) is 17.9. The molecule has 0 unspecified atom stereocenters. The van der Waals surface area contributed by atoms with E-state index in [9.17, 15) is 4.79 Å². The summed E-state index contributed by atoms with van der Waals surface area (Å²) in [6, 6.07) is 13.2. The van der Waals surface area contributed by atoms with E-state index in [1.807, 2.05) is 50.2 Å². The van der Waals surface area contributed by atoms with Crippen LogP contribution in [-0.4, -0.2) is 35.0 Å². The lowest BCUT2D eigenvalue weighted by Crippen LogP contribution is -2.29. The standard InChI is InChI=1S/C23H24N4O4/c1-14-6-5-7-16(10-14)12-31-18-9-8-17(11-19(18)29-3)21-20(22(28)30-4)15(2)26-23-24-13-25-27(21)23/h5-11,13,21H,12H2,1-4H3,(H,24,25,26)/t21-/m0/s1. The Balaban J connectivity index is 1.68. The molecule has 1 N–H and O–H groups in total. The molecule has 2 heterocycles. The van der Waals surface area contributed by atoms with Gasteiger partial charge in [0.15, 0.2) is 11.5 Å². The molecule has 2 aromatic carbocycles. The number of hydrogen-bond acceptors (Lipinski definition) is 7. The number of rotatable bonds is 6. The number of aryl methyl sites for hydroxylation is 1. The summed E-state index contributed by atoms with van der Waals surface area (Å²) in [6.45, 7) is 4.28. The number of hydrogen-bond donors (Lipinski definition) is 1. The van der Waals surface area contributed by atoms with Crippen molar-refractivity contribution < 1.29 is 19.0 Å². The van der Waals surface area contributed by atoms with E-state index in [1.54, 1.807) is 11.8 Å². The summed E-state index contributed by atoms with van der Waals surface area (Å²) in [4.78, 5) is 16.8. The monoisotopic (exact) mass is 420 g/mol. The van der Waals surface area contributed by atoms with E-state index in [0.29, 0.717) is 35.3 Å². The molecular weight excluding hydrogens is 396 g/mol. The second kappa shape index (κ2) is 8.51. The molecule has 160 valence electrons. The third-order valence-electron chi connectivity index (χ3n) is 5.18. The number of methoxy groups -OCH3 is 2. The Hall–Kier alpha value is -3.81. The second-order valence-corrected chi connectivity index (χ2v) is 7.27. The Labute approximate surface area is 180 Å². The van der Waals surface area contributed by atoms with E-state index in [4.69, 9.17) is 14.2 Å². The smallest absolute Gasteiger partial charge is 0.338 e. The van der Waals surface area contributed by atoms with Gasteiger partial charge in [0, 0.05) is 5.70 Å². The minimum Gasteiger partial charge on any atom is -0.493 e. The summed E-state index contributed by atoms with van der Waals surface area (Å²) in [5, 5.41) is 7.41. The number of aromatic nitrogens is 3. The molecule has 1 aromatic heterocycles. The maximum Gasteiger partial charge on any atom is 0.338 e. The van der Waals surface area contributed by atoms with Crippen molar-refractivity contribution >= 4 is 11.9 Å². The van der Waals surface area contributed by atoms with Crippen molar-refractivity contribution in [1.82, 2.24) is 14.8 Å². The number of esters is 1. The van der Waals surface area contributed by atoms with Gasteiger partial charge in [-0.3, -0.25) is 0 Å². The average Bonchev–Trinajstić information content (AvgIpc) is 3.24. The van der Waals surface area contributed by atoms with Gasteiger partial charge in [-0.2, -0.15) is 10.1 Å². The van der Waals surface area contributed by atoms with E-state index in [1.165, 1.54) is 19.0 Å². The quantitative estimate of drug-likeness (QED) is 0.609. The number of benzene rings is 2. The highest BCUT2D eigenvalue weighted by Crippen LogP contribution is 2.38. The highest BCUT2D eigenvalue weighted by atomic mass is 16.5. The van der Waals surface area contributed by atoms with Crippen molar-refractivity contribution in [3.8, 4) is 11.5 Å². The molecule has 1 aliphatic rings. The fourth-order valence-electron chi connectivity index (χ4n) is 3.71. The van der Waals surface area contributed by atoms with Crippen LogP contribution in [0.25, 0.3) is 0 Å². The van der Waals surface area contributed by atoms with E-state index in [0.717, 1.165) is 11.1 Å². The summed E-state index contributed by atoms with van der Waals surface area (Å²) >= 11 is 0. The number of nitrogens with one attached hydrogen (secondary N) is 1. The van der Waals surface area contributed by atoms with Crippen molar-refractivity contribution in [2.75, 3.05) is 19.5 Å². The van der Waals surface area contributed by atoms with Crippen molar-refractivity contribution in [3.05, 3.63) is 76.8 Å². The first-order valence-electron chi connectivity index (χ1n) is 9.83. The number of allylic oxidation sites excluding steroid dienone is 1. The number of anilines is 1. The van der Waals surface area contributed by atoms with Gasteiger partial charge < -0.3 is 19.5 Å². The largest absolute Gasteiger partial charge is 0.493 e. The maximum atomic E-state index is 12.6. The zero-order chi connectivity index (χ0) is 22.0. The topological polar surface area (TPSA) is 87.5 Å². The normalized spacial score (nSPS) is 15.2. The molecule has 1 atom stereocenters. The summed E-state index contributed by atoms with van der Waals surface area (Å²) in [5.74, 6) is 1.29. The van der Waals surface area contributed by atoms with Crippen LogP contribution < -0.4 is 14.8 Å². The van der Waals surface area contributed by atoms with Crippen LogP contribution in [0.4, 0.5) is 5.95 Å². The van der Waals surface area contributed by atoms with Crippen molar-refractivity contribution in [3.63, 3.8) is 0 Å². The molecule has 3 aromatic rings. The van der Waals surface area contributed by atoms with Crippen LogP contribution in [-0.2, 0) is 16.1 Å². The Morgan fingerprint density at radius 1 is 1.13 bits per heavy atom. The van der Waals surface area contributed by atoms with Gasteiger partial charge in [-0.15, -0.1) is 0 Å². The van der Waals surface area contributed by atoms with Gasteiger partial charge in [0.05, 0.1) is 19.8 Å². The lowest BCUT2D eigenvalue weighted by molar-refractivity contribution is -0.136. The van der Waals surface area contributed by atoms with Crippen LogP contribution in [0.3, 0.4) is 0 Å². The van der Waals surface area contributed by atoms with Crippen LogP contribution in [0.5, 0.6) is 11.5 Å². The minimum atomic E-state index is -0.508. The van der Waals surface area contributed by atoms with E-state index in [-0.39, 0.29) is 0 Å². The molecule has 31 heavy (non-hydrogen) atoms. The SMILES string of the molecule is COC(=O)C1=C(C)Nc2ncnn2[C@H]1c1ccc(OCc2cccc(C)c2)c(OC)c1. The molecule has 8 heteroatoms. The minimum absolute atomic E-state index is 0.421. The molecule has 0 radical (unpaired) electrons. The Bertz CT molecular complexity index is 1150. The summed E-state index contributed by atoms with van der Waals surface area (Å²) in [7, 11) is 2.95. The second-order valence-electron chi connectivity index (χ2n) is 7.27. The zero-order valence-corrected chi connectivity index (χ0v) is 17.9. The van der Waals surface area contributed by atoms with Gasteiger partial charge in [-0.05, 0) is 37.1 Å². The average molecular weight is 420 g/mol. The number of carbonyl (C=O) groups is 1. The van der Waals surface area contributed by atoms with Crippen LogP contribution in [0, 0.1) is 6.92 Å². The molecule has 0 amide bonds. The fraction of sp³-hybridized carbons (Fsp3) is 0.261. The van der Waals surface area contributed by atoms with Crippen LogP contribution in [0.2, 0.25) is 0 Å². The molecule has 0 aliphatic carbocycles. The molecule has 8 nitrogen and oxygen atoms in total. The van der Waals surface area contributed by atoms with E-state index >= 15 is 0 Å². The Morgan fingerprint density at radius 2 is 1.97 bits per heavy atom. The number of ether oxygens (including phenoxy) is 3. The van der Waals surface area contributed by atoms with Crippen LogP contribution >= 0.6 is 0 Å². The third-order valence-corrected chi connectivity index (χ3v) is 5.18. The first-order chi connectivity index (χ1) is 15.0. The summed E-state index contributed by atoms with van der Waals surface area (Å²) in [6.07, 6.45) is 1.44. The number of carbonyl (C=O) groups excluding carboxylic acids is 1. The van der Waals surface area contributed by atoms with Gasteiger partial charge in [0.25, 0.3) is 0 Å². The van der Waals surface area contributed by atoms with E-state index in [2.05, 4.69) is 21.5 Å². The summed E-state index contributed by atoms with van der Waals surface area (Å²) < 4.78 is 18.3. The predicted molar refractivity (Wildman–Crippen MR) is 115 cm³/mol. The predicted octanol–water partition coefficient (Wildman–Crippen LogP) is 3.64. The Kier molecular flexibility index (Phi) is 5.62. The van der Waals surface area contributed by atoms with Crippen molar-refractivity contribution in [2.24, 2.45) is 0 Å². The highest BCUT2D eigenvalue weighted by molar-refractivity contribution is 5.92. The lowest BCUT2D eigenvalue weighted by atomic mass is 9.95. The van der Waals surface area contributed by atoms with E-state index < -0.39 is 12.0 Å². The Morgan fingerprint density at radius 3 is 2.71 bits per heavy atom. The van der Waals surface area contributed by atoms with Gasteiger partial charge >= 0.3 is 5.97 Å². The molecule has 0 saturated carbocycles. The first kappa shape index (κ1) is 20.5.